The number of hydrogen-bond acceptors (Lipinski definition) is 5. The number of amides is 1. The van der Waals surface area contributed by atoms with E-state index in [9.17, 15) is 13.2 Å². The highest BCUT2D eigenvalue weighted by atomic mass is 32.2. The Kier molecular flexibility index (Phi) is 6.65. The average molecular weight is 441 g/mol. The summed E-state index contributed by atoms with van der Waals surface area (Å²) < 4.78 is 26.7. The lowest BCUT2D eigenvalue weighted by molar-refractivity contribution is -0.130. The highest BCUT2D eigenvalue weighted by Crippen LogP contribution is 2.23. The van der Waals surface area contributed by atoms with Gasteiger partial charge in [0.25, 0.3) is 10.0 Å². The van der Waals surface area contributed by atoms with Crippen molar-refractivity contribution in [1.29, 1.82) is 0 Å². The monoisotopic (exact) mass is 440 g/mol. The molecular formula is C23H28N4O3S. The lowest BCUT2D eigenvalue weighted by Crippen LogP contribution is -2.28. The van der Waals surface area contributed by atoms with Crippen molar-refractivity contribution >= 4 is 21.8 Å². The summed E-state index contributed by atoms with van der Waals surface area (Å²) in [6.07, 6.45) is 8.81. The van der Waals surface area contributed by atoms with Gasteiger partial charge in [0.2, 0.25) is 5.91 Å². The second kappa shape index (κ2) is 9.60. The van der Waals surface area contributed by atoms with Crippen LogP contribution in [0.2, 0.25) is 0 Å². The molecule has 1 aromatic heterocycles. The van der Waals surface area contributed by atoms with Crippen LogP contribution < -0.4 is 4.72 Å². The molecule has 164 valence electrons. The number of carbonyl (C=O) groups excluding carboxylic acids is 1. The third-order valence-corrected chi connectivity index (χ3v) is 7.29. The van der Waals surface area contributed by atoms with E-state index in [0.29, 0.717) is 30.3 Å². The van der Waals surface area contributed by atoms with Gasteiger partial charge in [-0.25, -0.2) is 8.42 Å². The smallest absolute Gasteiger partial charge is 0.263 e. The molecule has 0 spiro atoms. The minimum atomic E-state index is -3.48. The van der Waals surface area contributed by atoms with Crippen LogP contribution in [0.25, 0.3) is 0 Å². The molecule has 0 radical (unpaired) electrons. The highest BCUT2D eigenvalue weighted by molar-refractivity contribution is 7.90. The third-order valence-electron chi connectivity index (χ3n) is 5.89. The molecule has 0 aliphatic carbocycles. The van der Waals surface area contributed by atoms with Gasteiger partial charge in [0.1, 0.15) is 5.84 Å². The largest absolute Gasteiger partial charge is 0.342 e. The molecule has 0 bridgehead atoms. The van der Waals surface area contributed by atoms with Crippen molar-refractivity contribution < 1.29 is 13.2 Å². The number of benzene rings is 1. The maximum atomic E-state index is 12.5. The number of unbranched alkanes of at least 4 members (excludes halogenated alkanes) is 2. The molecule has 31 heavy (non-hydrogen) atoms. The Labute approximate surface area is 183 Å². The number of amidine groups is 1. The fourth-order valence-corrected chi connectivity index (χ4v) is 5.49. The molecule has 1 unspecified atom stereocenters. The van der Waals surface area contributed by atoms with Crippen LogP contribution in [-0.4, -0.2) is 49.7 Å². The van der Waals surface area contributed by atoms with E-state index in [1.807, 2.05) is 35.5 Å². The van der Waals surface area contributed by atoms with Crippen LogP contribution in [-0.2, 0) is 21.2 Å². The normalized spacial score (nSPS) is 20.6. The molecule has 3 heterocycles. The number of sulfonamides is 1. The van der Waals surface area contributed by atoms with Crippen molar-refractivity contribution in [3.8, 4) is 0 Å². The summed E-state index contributed by atoms with van der Waals surface area (Å²) in [6, 6.07) is 11.0. The average Bonchev–Trinajstić information content (AvgIpc) is 3.34. The molecule has 1 amide bonds. The quantitative estimate of drug-likeness (QED) is 0.639. The molecule has 1 N–H and O–H groups in total. The summed E-state index contributed by atoms with van der Waals surface area (Å²) in [5, 5.41) is 0. The maximum absolute atomic E-state index is 12.5. The van der Waals surface area contributed by atoms with Crippen LogP contribution in [0.5, 0.6) is 0 Å². The van der Waals surface area contributed by atoms with Crippen molar-refractivity contribution in [3.05, 3.63) is 59.9 Å². The first-order valence-corrected chi connectivity index (χ1v) is 12.3. The molecule has 8 heteroatoms. The van der Waals surface area contributed by atoms with E-state index in [1.165, 1.54) is 5.56 Å². The highest BCUT2D eigenvalue weighted by Gasteiger charge is 2.30. The molecule has 0 saturated carbocycles. The number of fused-ring (bicyclic) bond motifs is 1. The van der Waals surface area contributed by atoms with E-state index < -0.39 is 10.0 Å². The molecule has 2 aliphatic rings. The van der Waals surface area contributed by atoms with Crippen LogP contribution >= 0.6 is 0 Å². The van der Waals surface area contributed by atoms with Gasteiger partial charge < -0.3 is 4.90 Å². The number of aromatic nitrogens is 1. The first-order valence-electron chi connectivity index (χ1n) is 10.9. The summed E-state index contributed by atoms with van der Waals surface area (Å²) in [4.78, 5) is 23.3. The van der Waals surface area contributed by atoms with Gasteiger partial charge in [-0.1, -0.05) is 18.6 Å². The molecule has 7 nitrogen and oxygen atoms in total. The lowest BCUT2D eigenvalue weighted by atomic mass is 10.00. The molecule has 1 atom stereocenters. The van der Waals surface area contributed by atoms with E-state index in [-0.39, 0.29) is 10.8 Å². The predicted molar refractivity (Wildman–Crippen MR) is 119 cm³/mol. The zero-order valence-corrected chi connectivity index (χ0v) is 18.4. The number of rotatable bonds is 8. The van der Waals surface area contributed by atoms with Gasteiger partial charge in [-0.3, -0.25) is 19.5 Å². The van der Waals surface area contributed by atoms with E-state index >= 15 is 0 Å². The number of aliphatic imine (C=N–C) groups is 1. The van der Waals surface area contributed by atoms with Gasteiger partial charge >= 0.3 is 0 Å². The molecule has 2 aromatic rings. The Balaban J connectivity index is 1.16. The van der Waals surface area contributed by atoms with Gasteiger partial charge in [-0.15, -0.1) is 0 Å². The molecule has 1 saturated heterocycles. The van der Waals surface area contributed by atoms with Crippen molar-refractivity contribution in [2.45, 2.75) is 43.4 Å². The number of pyridine rings is 1. The van der Waals surface area contributed by atoms with Crippen LogP contribution in [0.4, 0.5) is 0 Å². The lowest BCUT2D eigenvalue weighted by Gasteiger charge is -2.16. The molecular weight excluding hydrogens is 412 g/mol. The minimum absolute atomic E-state index is 0.237. The predicted octanol–water partition coefficient (Wildman–Crippen LogP) is 2.77. The van der Waals surface area contributed by atoms with Crippen molar-refractivity contribution in [3.63, 3.8) is 0 Å². The Morgan fingerprint density at radius 3 is 2.77 bits per heavy atom. The molecule has 1 aromatic carbocycles. The first-order chi connectivity index (χ1) is 15.0. The number of likely N-dealkylation sites (tertiary alicyclic amines) is 1. The molecule has 2 aliphatic heterocycles. The maximum Gasteiger partial charge on any atom is 0.263 e. The Bertz CT molecular complexity index is 1050. The van der Waals surface area contributed by atoms with E-state index in [1.54, 1.807) is 18.2 Å². The molecule has 1 fully saturated rings. The minimum Gasteiger partial charge on any atom is -0.342 e. The second-order valence-corrected chi connectivity index (χ2v) is 9.85. The van der Waals surface area contributed by atoms with Crippen molar-refractivity contribution in [2.75, 3.05) is 19.6 Å². The van der Waals surface area contributed by atoms with Gasteiger partial charge in [0.05, 0.1) is 4.90 Å². The van der Waals surface area contributed by atoms with Gasteiger partial charge in [0.15, 0.2) is 0 Å². The number of hydrogen-bond donors (Lipinski definition) is 1. The van der Waals surface area contributed by atoms with Crippen LogP contribution in [0.15, 0.2) is 58.7 Å². The summed E-state index contributed by atoms with van der Waals surface area (Å²) >= 11 is 0. The number of nitrogens with zero attached hydrogens (tertiary/aromatic N) is 3. The van der Waals surface area contributed by atoms with E-state index in [2.05, 4.69) is 14.7 Å². The summed E-state index contributed by atoms with van der Waals surface area (Å²) in [5.41, 5.74) is 1.91. The van der Waals surface area contributed by atoms with Crippen LogP contribution in [0, 0.1) is 5.92 Å². The van der Waals surface area contributed by atoms with E-state index in [0.717, 1.165) is 45.2 Å². The topological polar surface area (TPSA) is 91.7 Å². The Hall–Kier alpha value is -2.74. The summed E-state index contributed by atoms with van der Waals surface area (Å²) in [6.45, 7) is 2.23. The van der Waals surface area contributed by atoms with Gasteiger partial charge in [0, 0.05) is 44.0 Å². The standard InChI is InChI=1S/C23H28N4O3S/c28-22(27-15-11-19(17-27)16-18-9-13-24-14-10-18)8-2-1-5-12-25-23-20-6-3-4-7-21(20)31(29,30)26-23/h3-4,6-7,9-10,13-14,19H,1-2,5,8,11-12,15-17H2,(H,25,26). The van der Waals surface area contributed by atoms with Crippen LogP contribution in [0.3, 0.4) is 0 Å². The zero-order valence-electron chi connectivity index (χ0n) is 17.5. The summed E-state index contributed by atoms with van der Waals surface area (Å²) in [7, 11) is -3.48. The number of nitrogens with one attached hydrogen (secondary N) is 1. The third kappa shape index (κ3) is 5.31. The van der Waals surface area contributed by atoms with Crippen molar-refractivity contribution in [1.82, 2.24) is 14.6 Å². The van der Waals surface area contributed by atoms with Crippen LogP contribution in [0.1, 0.15) is 43.2 Å². The second-order valence-electron chi connectivity index (χ2n) is 8.20. The van der Waals surface area contributed by atoms with Crippen molar-refractivity contribution in [2.24, 2.45) is 10.9 Å². The molecule has 4 rings (SSSR count). The summed E-state index contributed by atoms with van der Waals surface area (Å²) in [5.74, 6) is 1.19. The van der Waals surface area contributed by atoms with Gasteiger partial charge in [-0.2, -0.15) is 0 Å². The zero-order chi connectivity index (χ0) is 21.7. The van der Waals surface area contributed by atoms with Gasteiger partial charge in [-0.05, 0) is 61.4 Å². The Morgan fingerprint density at radius 2 is 1.94 bits per heavy atom. The fourth-order valence-electron chi connectivity index (χ4n) is 4.24. The first kappa shape index (κ1) is 21.5. The fraction of sp³-hybridized carbons (Fsp3) is 0.435. The van der Waals surface area contributed by atoms with E-state index in [4.69, 9.17) is 0 Å². The Morgan fingerprint density at radius 1 is 1.13 bits per heavy atom. The SMILES string of the molecule is O=C(CCCCCN=C1NS(=O)(=O)c2ccccc21)N1CCC(Cc2ccncc2)C1. The number of carbonyl (C=O) groups is 1.